The number of piperazine rings is 1. The predicted molar refractivity (Wildman–Crippen MR) is 56.1 cm³/mol. The summed E-state index contributed by atoms with van der Waals surface area (Å²) in [6.45, 7) is 8.67. The summed E-state index contributed by atoms with van der Waals surface area (Å²) in [4.78, 5) is 13.0. The van der Waals surface area contributed by atoms with E-state index in [-0.39, 0.29) is 18.3 Å². The Hall–Kier alpha value is -0.280. The van der Waals surface area contributed by atoms with Gasteiger partial charge in [-0.15, -0.1) is 12.4 Å². The molecule has 0 saturated carbocycles. The number of amides is 1. The smallest absolute Gasteiger partial charge is 0.219 e. The Balaban J connectivity index is 0.00000144. The zero-order valence-electron chi connectivity index (χ0n) is 8.54. The van der Waals surface area contributed by atoms with Crippen LogP contribution in [0.5, 0.6) is 0 Å². The van der Waals surface area contributed by atoms with Crippen LogP contribution >= 0.6 is 12.4 Å². The molecule has 1 aliphatic rings. The van der Waals surface area contributed by atoms with E-state index < -0.39 is 0 Å². The van der Waals surface area contributed by atoms with Crippen molar-refractivity contribution >= 4 is 18.3 Å². The van der Waals surface area contributed by atoms with Crippen LogP contribution in [-0.2, 0) is 4.79 Å². The molecule has 1 fully saturated rings. The molecule has 1 rings (SSSR count). The molecule has 1 heterocycles. The largest absolute Gasteiger partial charge is 0.340 e. The molecule has 3 nitrogen and oxygen atoms in total. The Labute approximate surface area is 86.3 Å². The van der Waals surface area contributed by atoms with Gasteiger partial charge in [-0.1, -0.05) is 13.8 Å². The van der Waals surface area contributed by atoms with Gasteiger partial charge in [0.15, 0.2) is 0 Å². The third kappa shape index (κ3) is 3.53. The molecule has 0 bridgehead atoms. The third-order valence-electron chi connectivity index (χ3n) is 2.46. The number of carbonyl (C=O) groups is 1. The van der Waals surface area contributed by atoms with Crippen molar-refractivity contribution in [1.82, 2.24) is 10.2 Å². The van der Waals surface area contributed by atoms with Crippen molar-refractivity contribution in [1.29, 1.82) is 0 Å². The minimum absolute atomic E-state index is 0. The van der Waals surface area contributed by atoms with Crippen LogP contribution in [0.15, 0.2) is 0 Å². The fourth-order valence-electron chi connectivity index (χ4n) is 1.51. The lowest BCUT2D eigenvalue weighted by Gasteiger charge is -2.35. The zero-order chi connectivity index (χ0) is 9.14. The van der Waals surface area contributed by atoms with Crippen LogP contribution in [0.2, 0.25) is 0 Å². The molecule has 0 aromatic carbocycles. The molecular formula is C9H19ClN2O. The molecule has 78 valence electrons. The van der Waals surface area contributed by atoms with Gasteiger partial charge in [0, 0.05) is 32.6 Å². The van der Waals surface area contributed by atoms with Crippen LogP contribution in [0.1, 0.15) is 20.8 Å². The van der Waals surface area contributed by atoms with E-state index in [1.54, 1.807) is 6.92 Å². The second-order valence-corrected chi connectivity index (χ2v) is 3.77. The van der Waals surface area contributed by atoms with Crippen molar-refractivity contribution in [3.8, 4) is 0 Å². The van der Waals surface area contributed by atoms with Gasteiger partial charge in [0.05, 0.1) is 0 Å². The molecular weight excluding hydrogens is 188 g/mol. The Morgan fingerprint density at radius 2 is 2.15 bits per heavy atom. The van der Waals surface area contributed by atoms with Gasteiger partial charge in [-0.25, -0.2) is 0 Å². The van der Waals surface area contributed by atoms with E-state index in [1.165, 1.54) is 0 Å². The molecule has 0 spiro atoms. The fraction of sp³-hybridized carbons (Fsp3) is 0.889. The Morgan fingerprint density at radius 1 is 1.54 bits per heavy atom. The van der Waals surface area contributed by atoms with Crippen LogP contribution in [0.4, 0.5) is 0 Å². The molecule has 0 aromatic heterocycles. The molecule has 1 saturated heterocycles. The predicted octanol–water partition coefficient (Wildman–Crippen LogP) is 0.884. The summed E-state index contributed by atoms with van der Waals surface area (Å²) in [7, 11) is 0. The van der Waals surface area contributed by atoms with Gasteiger partial charge >= 0.3 is 0 Å². The van der Waals surface area contributed by atoms with Crippen molar-refractivity contribution in [3.05, 3.63) is 0 Å². The molecule has 1 N–H and O–H groups in total. The van der Waals surface area contributed by atoms with Crippen LogP contribution in [-0.4, -0.2) is 36.5 Å². The summed E-state index contributed by atoms with van der Waals surface area (Å²) in [5, 5.41) is 3.41. The van der Waals surface area contributed by atoms with Gasteiger partial charge in [0.25, 0.3) is 0 Å². The minimum atomic E-state index is 0. The van der Waals surface area contributed by atoms with Gasteiger partial charge in [-0.3, -0.25) is 4.79 Å². The van der Waals surface area contributed by atoms with Gasteiger partial charge in [0.2, 0.25) is 5.91 Å². The van der Waals surface area contributed by atoms with E-state index in [2.05, 4.69) is 19.2 Å². The Kier molecular flexibility index (Phi) is 5.33. The summed E-state index contributed by atoms with van der Waals surface area (Å²) < 4.78 is 0. The number of nitrogens with one attached hydrogen (secondary N) is 1. The maximum Gasteiger partial charge on any atom is 0.219 e. The van der Waals surface area contributed by atoms with Crippen LogP contribution < -0.4 is 5.32 Å². The highest BCUT2D eigenvalue weighted by molar-refractivity contribution is 5.85. The van der Waals surface area contributed by atoms with E-state index in [4.69, 9.17) is 0 Å². The second kappa shape index (κ2) is 5.45. The lowest BCUT2D eigenvalue weighted by atomic mass is 10.0. The summed E-state index contributed by atoms with van der Waals surface area (Å²) in [5.74, 6) is 0.800. The normalized spacial score (nSPS) is 22.8. The van der Waals surface area contributed by atoms with Gasteiger partial charge in [0.1, 0.15) is 0 Å². The minimum Gasteiger partial charge on any atom is -0.340 e. The van der Waals surface area contributed by atoms with Crippen LogP contribution in [0, 0.1) is 5.92 Å². The summed E-state index contributed by atoms with van der Waals surface area (Å²) >= 11 is 0. The number of carbonyl (C=O) groups excluding carboxylic acids is 1. The van der Waals surface area contributed by atoms with Gasteiger partial charge < -0.3 is 10.2 Å². The van der Waals surface area contributed by atoms with E-state index in [9.17, 15) is 4.79 Å². The number of rotatable bonds is 1. The van der Waals surface area contributed by atoms with Gasteiger partial charge in [-0.05, 0) is 5.92 Å². The van der Waals surface area contributed by atoms with Crippen molar-refractivity contribution in [2.45, 2.75) is 26.8 Å². The zero-order valence-corrected chi connectivity index (χ0v) is 9.36. The van der Waals surface area contributed by atoms with Crippen LogP contribution in [0.25, 0.3) is 0 Å². The van der Waals surface area contributed by atoms with Crippen molar-refractivity contribution < 1.29 is 4.79 Å². The molecule has 0 radical (unpaired) electrons. The van der Waals surface area contributed by atoms with E-state index in [0.717, 1.165) is 19.6 Å². The first-order chi connectivity index (χ1) is 5.61. The number of nitrogens with zero attached hydrogens (tertiary/aromatic N) is 1. The van der Waals surface area contributed by atoms with Crippen LogP contribution in [0.3, 0.4) is 0 Å². The molecule has 1 aliphatic heterocycles. The lowest BCUT2D eigenvalue weighted by Crippen LogP contribution is -2.54. The van der Waals surface area contributed by atoms with Crippen molar-refractivity contribution in [2.24, 2.45) is 5.92 Å². The summed E-state index contributed by atoms with van der Waals surface area (Å²) in [6, 6.07) is 0.475. The number of hydrogen-bond acceptors (Lipinski definition) is 2. The monoisotopic (exact) mass is 206 g/mol. The highest BCUT2D eigenvalue weighted by Gasteiger charge is 2.22. The Morgan fingerprint density at radius 3 is 2.62 bits per heavy atom. The Bertz CT molecular complexity index is 173. The molecule has 4 heteroatoms. The second-order valence-electron chi connectivity index (χ2n) is 3.77. The first-order valence-electron chi connectivity index (χ1n) is 4.60. The average Bonchev–Trinajstić information content (AvgIpc) is 2.04. The summed E-state index contributed by atoms with van der Waals surface area (Å²) in [6.07, 6.45) is 0. The molecule has 0 aromatic rings. The first-order valence-corrected chi connectivity index (χ1v) is 4.60. The molecule has 1 atom stereocenters. The van der Waals surface area contributed by atoms with E-state index in [0.29, 0.717) is 12.0 Å². The van der Waals surface area contributed by atoms with Crippen molar-refractivity contribution in [2.75, 3.05) is 19.6 Å². The standard InChI is InChI=1S/C9H18N2O.ClH/c1-7(2)9-6-11(8(3)12)5-4-10-9;/h7,9-10H,4-6H2,1-3H3;1H/t9-;/m1./s1. The molecule has 13 heavy (non-hydrogen) atoms. The van der Waals surface area contributed by atoms with E-state index >= 15 is 0 Å². The third-order valence-corrected chi connectivity index (χ3v) is 2.46. The first kappa shape index (κ1) is 12.7. The number of hydrogen-bond donors (Lipinski definition) is 1. The van der Waals surface area contributed by atoms with Crippen molar-refractivity contribution in [3.63, 3.8) is 0 Å². The maximum atomic E-state index is 11.1. The maximum absolute atomic E-state index is 11.1. The summed E-state index contributed by atoms with van der Waals surface area (Å²) in [5.41, 5.74) is 0. The lowest BCUT2D eigenvalue weighted by molar-refractivity contribution is -0.130. The fourth-order valence-corrected chi connectivity index (χ4v) is 1.51. The number of halogens is 1. The average molecular weight is 207 g/mol. The highest BCUT2D eigenvalue weighted by Crippen LogP contribution is 2.07. The van der Waals surface area contributed by atoms with E-state index in [1.807, 2.05) is 4.90 Å². The topological polar surface area (TPSA) is 32.3 Å². The highest BCUT2D eigenvalue weighted by atomic mass is 35.5. The SMILES string of the molecule is CC(=O)N1CCN[C@@H](C(C)C)C1.Cl. The molecule has 1 amide bonds. The molecule has 0 aliphatic carbocycles. The quantitative estimate of drug-likeness (QED) is 0.691. The molecule has 0 unspecified atom stereocenters. The van der Waals surface area contributed by atoms with Gasteiger partial charge in [-0.2, -0.15) is 0 Å².